The summed E-state index contributed by atoms with van der Waals surface area (Å²) < 4.78 is 0. The van der Waals surface area contributed by atoms with Crippen molar-refractivity contribution in [3.8, 4) is 0 Å². The molecule has 2 rings (SSSR count). The highest BCUT2D eigenvalue weighted by atomic mass is 35.5. The molecule has 0 fully saturated rings. The summed E-state index contributed by atoms with van der Waals surface area (Å²) in [5.74, 6) is 0. The molecule has 0 amide bonds. The molecule has 90 valence electrons. The number of nitrogens with one attached hydrogen (secondary N) is 1. The number of nitrogens with zero attached hydrogens (tertiary/aromatic N) is 1. The minimum atomic E-state index is 0.830. The van der Waals surface area contributed by atoms with Crippen LogP contribution in [-0.4, -0.2) is 4.98 Å². The first-order chi connectivity index (χ1) is 8.15. The zero-order chi connectivity index (χ0) is 12.3. The Morgan fingerprint density at radius 1 is 1.29 bits per heavy atom. The predicted molar refractivity (Wildman–Crippen MR) is 73.6 cm³/mol. The van der Waals surface area contributed by atoms with Crippen molar-refractivity contribution >= 4 is 22.9 Å². The van der Waals surface area contributed by atoms with Crippen LogP contribution >= 0.6 is 22.9 Å². The van der Waals surface area contributed by atoms with E-state index >= 15 is 0 Å². The molecule has 1 N–H and O–H groups in total. The van der Waals surface area contributed by atoms with E-state index in [0.717, 1.165) is 28.7 Å². The summed E-state index contributed by atoms with van der Waals surface area (Å²) in [6, 6.07) is 6.17. The first-order valence-electron chi connectivity index (χ1n) is 5.52. The van der Waals surface area contributed by atoms with Crippen LogP contribution in [0.2, 0.25) is 5.02 Å². The Labute approximate surface area is 111 Å². The van der Waals surface area contributed by atoms with Crippen LogP contribution in [0.15, 0.2) is 24.4 Å². The van der Waals surface area contributed by atoms with Gasteiger partial charge in [0.2, 0.25) is 0 Å². The third kappa shape index (κ3) is 3.53. The zero-order valence-electron chi connectivity index (χ0n) is 9.96. The Kier molecular flexibility index (Phi) is 4.15. The lowest BCUT2D eigenvalue weighted by atomic mass is 10.1. The van der Waals surface area contributed by atoms with Crippen molar-refractivity contribution in [2.75, 3.05) is 0 Å². The van der Waals surface area contributed by atoms with Gasteiger partial charge in [-0.25, -0.2) is 4.98 Å². The number of thiazole rings is 1. The van der Waals surface area contributed by atoms with Gasteiger partial charge in [-0.2, -0.15) is 0 Å². The van der Waals surface area contributed by atoms with Crippen molar-refractivity contribution in [2.45, 2.75) is 26.9 Å². The molecule has 2 aromatic rings. The summed E-state index contributed by atoms with van der Waals surface area (Å²) in [4.78, 5) is 5.49. The second-order valence-corrected chi connectivity index (χ2v) is 5.76. The maximum Gasteiger partial charge on any atom is 0.0897 e. The lowest BCUT2D eigenvalue weighted by Crippen LogP contribution is -2.11. The molecule has 2 nitrogen and oxygen atoms in total. The molecule has 17 heavy (non-hydrogen) atoms. The molecule has 1 aromatic heterocycles. The topological polar surface area (TPSA) is 24.9 Å². The van der Waals surface area contributed by atoms with E-state index in [2.05, 4.69) is 22.4 Å². The highest BCUT2D eigenvalue weighted by Gasteiger charge is 2.00. The van der Waals surface area contributed by atoms with Gasteiger partial charge in [-0.15, -0.1) is 11.3 Å². The van der Waals surface area contributed by atoms with Gasteiger partial charge in [0.1, 0.15) is 0 Å². The number of rotatable bonds is 4. The van der Waals surface area contributed by atoms with Gasteiger partial charge in [-0.1, -0.05) is 23.7 Å². The molecule has 0 saturated heterocycles. The van der Waals surface area contributed by atoms with E-state index < -0.39 is 0 Å². The summed E-state index contributed by atoms with van der Waals surface area (Å²) >= 11 is 7.81. The monoisotopic (exact) mass is 266 g/mol. The fraction of sp³-hybridized carbons (Fsp3) is 0.308. The van der Waals surface area contributed by atoms with Gasteiger partial charge >= 0.3 is 0 Å². The zero-order valence-corrected chi connectivity index (χ0v) is 11.5. The van der Waals surface area contributed by atoms with Crippen LogP contribution in [0.1, 0.15) is 21.0 Å². The molecule has 0 spiro atoms. The first-order valence-corrected chi connectivity index (χ1v) is 6.71. The number of aromatic nitrogens is 1. The molecule has 0 aliphatic carbocycles. The van der Waals surface area contributed by atoms with Crippen molar-refractivity contribution in [3.05, 3.63) is 50.4 Å². The number of benzene rings is 1. The molecule has 0 aliphatic heterocycles. The van der Waals surface area contributed by atoms with Crippen LogP contribution in [0.5, 0.6) is 0 Å². The van der Waals surface area contributed by atoms with Crippen molar-refractivity contribution in [1.29, 1.82) is 0 Å². The van der Waals surface area contributed by atoms with Crippen molar-refractivity contribution in [2.24, 2.45) is 0 Å². The number of aryl methyl sites for hydroxylation is 2. The molecule has 0 unspecified atom stereocenters. The molecular formula is C13H15ClN2S. The lowest BCUT2D eigenvalue weighted by molar-refractivity contribution is 0.700. The number of hydrogen-bond donors (Lipinski definition) is 1. The van der Waals surface area contributed by atoms with Gasteiger partial charge in [0.25, 0.3) is 0 Å². The normalized spacial score (nSPS) is 10.8. The average Bonchev–Trinajstić information content (AvgIpc) is 2.70. The van der Waals surface area contributed by atoms with Crippen LogP contribution in [0, 0.1) is 13.8 Å². The third-order valence-corrected chi connectivity index (χ3v) is 3.85. The fourth-order valence-corrected chi connectivity index (χ4v) is 2.53. The van der Waals surface area contributed by atoms with Crippen molar-refractivity contribution < 1.29 is 0 Å². The Bertz CT molecular complexity index is 508. The summed E-state index contributed by atoms with van der Waals surface area (Å²) in [5, 5.41) is 5.33. The van der Waals surface area contributed by atoms with E-state index in [0.29, 0.717) is 0 Å². The lowest BCUT2D eigenvalue weighted by Gasteiger charge is -2.05. The molecule has 1 aromatic carbocycles. The van der Waals surface area contributed by atoms with Gasteiger partial charge in [0, 0.05) is 29.2 Å². The molecular weight excluding hydrogens is 252 g/mol. The predicted octanol–water partition coefficient (Wildman–Crippen LogP) is 3.70. The van der Waals surface area contributed by atoms with Crippen LogP contribution in [0.3, 0.4) is 0 Å². The van der Waals surface area contributed by atoms with Crippen molar-refractivity contribution in [3.63, 3.8) is 0 Å². The van der Waals surface area contributed by atoms with E-state index in [1.807, 2.05) is 26.1 Å². The van der Waals surface area contributed by atoms with E-state index in [4.69, 9.17) is 11.6 Å². The van der Waals surface area contributed by atoms with Crippen LogP contribution in [0.4, 0.5) is 0 Å². The number of hydrogen-bond acceptors (Lipinski definition) is 3. The summed E-state index contributed by atoms with van der Waals surface area (Å²) in [7, 11) is 0. The van der Waals surface area contributed by atoms with Gasteiger partial charge in [0.15, 0.2) is 0 Å². The van der Waals surface area contributed by atoms with Gasteiger partial charge in [-0.05, 0) is 31.0 Å². The quantitative estimate of drug-likeness (QED) is 0.913. The van der Waals surface area contributed by atoms with E-state index in [1.54, 1.807) is 11.3 Å². The Morgan fingerprint density at radius 3 is 2.76 bits per heavy atom. The Hall–Kier alpha value is -0.900. The minimum Gasteiger partial charge on any atom is -0.308 e. The second-order valence-electron chi connectivity index (χ2n) is 4.03. The molecule has 4 heteroatoms. The standard InChI is InChI=1S/C13H15ClN2S/c1-9-3-4-11(5-13(9)14)6-15-7-12-8-16-10(2)17-12/h3-5,8,15H,6-7H2,1-2H3. The highest BCUT2D eigenvalue weighted by molar-refractivity contribution is 7.11. The highest BCUT2D eigenvalue weighted by Crippen LogP contribution is 2.17. The maximum absolute atomic E-state index is 6.08. The molecule has 0 aliphatic rings. The largest absolute Gasteiger partial charge is 0.308 e. The summed E-state index contributed by atoms with van der Waals surface area (Å²) in [6.45, 7) is 5.72. The second kappa shape index (κ2) is 5.63. The third-order valence-electron chi connectivity index (χ3n) is 2.53. The summed E-state index contributed by atoms with van der Waals surface area (Å²) in [5.41, 5.74) is 2.33. The van der Waals surface area contributed by atoms with E-state index in [1.165, 1.54) is 10.4 Å². The SMILES string of the molecule is Cc1ncc(CNCc2ccc(C)c(Cl)c2)s1. The van der Waals surface area contributed by atoms with Gasteiger partial charge < -0.3 is 5.32 Å². The van der Waals surface area contributed by atoms with E-state index in [9.17, 15) is 0 Å². The van der Waals surface area contributed by atoms with Crippen LogP contribution < -0.4 is 5.32 Å². The first kappa shape index (κ1) is 12.6. The maximum atomic E-state index is 6.08. The molecule has 1 heterocycles. The Balaban J connectivity index is 1.87. The molecule has 0 bridgehead atoms. The van der Waals surface area contributed by atoms with Crippen LogP contribution in [-0.2, 0) is 13.1 Å². The molecule has 0 saturated carbocycles. The van der Waals surface area contributed by atoms with Gasteiger partial charge in [-0.3, -0.25) is 0 Å². The number of halogens is 1. The van der Waals surface area contributed by atoms with E-state index in [-0.39, 0.29) is 0 Å². The Morgan fingerprint density at radius 2 is 2.12 bits per heavy atom. The minimum absolute atomic E-state index is 0.830. The average molecular weight is 267 g/mol. The van der Waals surface area contributed by atoms with Gasteiger partial charge in [0.05, 0.1) is 5.01 Å². The molecule has 0 radical (unpaired) electrons. The van der Waals surface area contributed by atoms with Crippen molar-refractivity contribution in [1.82, 2.24) is 10.3 Å². The fourth-order valence-electron chi connectivity index (χ4n) is 1.56. The molecule has 0 atom stereocenters. The summed E-state index contributed by atoms with van der Waals surface area (Å²) in [6.07, 6.45) is 1.93. The van der Waals surface area contributed by atoms with Crippen LogP contribution in [0.25, 0.3) is 0 Å². The smallest absolute Gasteiger partial charge is 0.0897 e.